The van der Waals surface area contributed by atoms with E-state index in [1.807, 2.05) is 0 Å². The fourth-order valence-electron chi connectivity index (χ4n) is 2.79. The number of benzene rings is 1. The maximum Gasteiger partial charge on any atom is 0.0971 e. The molecule has 1 fully saturated rings. The van der Waals surface area contributed by atoms with Gasteiger partial charge in [-0.1, -0.05) is 31.2 Å². The van der Waals surface area contributed by atoms with Crippen molar-refractivity contribution in [3.63, 3.8) is 0 Å². The van der Waals surface area contributed by atoms with Crippen LogP contribution in [0.4, 0.5) is 0 Å². The second-order valence-electron chi connectivity index (χ2n) is 5.29. The molecule has 4 heteroatoms. The van der Waals surface area contributed by atoms with Crippen molar-refractivity contribution in [3.05, 3.63) is 35.4 Å². The molecule has 1 N–H and O–H groups in total. The highest BCUT2D eigenvalue weighted by atomic mass is 16.5. The highest BCUT2D eigenvalue weighted by Crippen LogP contribution is 2.20. The van der Waals surface area contributed by atoms with Crippen LogP contribution in [0.3, 0.4) is 0 Å². The number of methoxy groups -OCH3 is 2. The van der Waals surface area contributed by atoms with Crippen molar-refractivity contribution >= 4 is 0 Å². The maximum absolute atomic E-state index is 5.50. The van der Waals surface area contributed by atoms with E-state index in [1.165, 1.54) is 11.1 Å². The summed E-state index contributed by atoms with van der Waals surface area (Å²) in [6.45, 7) is 6.89. The van der Waals surface area contributed by atoms with Gasteiger partial charge in [-0.3, -0.25) is 4.90 Å². The van der Waals surface area contributed by atoms with Gasteiger partial charge in [0.15, 0.2) is 0 Å². The third kappa shape index (κ3) is 3.79. The lowest BCUT2D eigenvalue weighted by Crippen LogP contribution is -2.27. The zero-order valence-electron chi connectivity index (χ0n) is 12.8. The number of likely N-dealkylation sites (tertiary alicyclic amines) is 1. The van der Waals surface area contributed by atoms with Crippen molar-refractivity contribution in [1.29, 1.82) is 0 Å². The number of ether oxygens (including phenoxy) is 2. The van der Waals surface area contributed by atoms with Crippen molar-refractivity contribution < 1.29 is 9.47 Å². The highest BCUT2D eigenvalue weighted by molar-refractivity contribution is 5.27. The molecule has 2 atom stereocenters. The van der Waals surface area contributed by atoms with Gasteiger partial charge in [0, 0.05) is 40.4 Å². The summed E-state index contributed by atoms with van der Waals surface area (Å²) in [5, 5.41) is 3.40. The Bertz CT molecular complexity index is 399. The standard InChI is InChI=1S/C16H26N2O2/c1-4-17-9-13-7-5-6-8-14(13)10-18-11-15(19-2)16(12-18)20-3/h5-8,15-17H,4,9-12H2,1-3H3. The average Bonchev–Trinajstić information content (AvgIpc) is 2.88. The summed E-state index contributed by atoms with van der Waals surface area (Å²) in [6.07, 6.45) is 0.363. The molecule has 0 bridgehead atoms. The highest BCUT2D eigenvalue weighted by Gasteiger charge is 2.32. The Balaban J connectivity index is 2.00. The summed E-state index contributed by atoms with van der Waals surface area (Å²) >= 11 is 0. The minimum atomic E-state index is 0.181. The van der Waals surface area contributed by atoms with Crippen LogP contribution in [0, 0.1) is 0 Å². The van der Waals surface area contributed by atoms with Crippen LogP contribution in [-0.4, -0.2) is 51.0 Å². The lowest BCUT2D eigenvalue weighted by atomic mass is 10.1. The molecule has 1 aliphatic rings. The molecule has 0 spiro atoms. The predicted octanol–water partition coefficient (Wildman–Crippen LogP) is 1.64. The maximum atomic E-state index is 5.50. The first-order valence-electron chi connectivity index (χ1n) is 7.34. The minimum Gasteiger partial charge on any atom is -0.377 e. The lowest BCUT2D eigenvalue weighted by molar-refractivity contribution is -0.00461. The van der Waals surface area contributed by atoms with Gasteiger partial charge in [-0.15, -0.1) is 0 Å². The van der Waals surface area contributed by atoms with Crippen molar-refractivity contribution in [3.8, 4) is 0 Å². The molecule has 2 unspecified atom stereocenters. The molecule has 1 aliphatic heterocycles. The minimum absolute atomic E-state index is 0.181. The fraction of sp³-hybridized carbons (Fsp3) is 0.625. The molecule has 0 radical (unpaired) electrons. The lowest BCUT2D eigenvalue weighted by Gasteiger charge is -2.18. The molecule has 0 aromatic heterocycles. The molecule has 1 heterocycles. The Hall–Kier alpha value is -0.940. The molecule has 1 saturated heterocycles. The smallest absolute Gasteiger partial charge is 0.0971 e. The second kappa shape index (κ2) is 7.74. The Kier molecular flexibility index (Phi) is 5.98. The summed E-state index contributed by atoms with van der Waals surface area (Å²) in [6, 6.07) is 8.64. The Morgan fingerprint density at radius 2 is 1.70 bits per heavy atom. The summed E-state index contributed by atoms with van der Waals surface area (Å²) in [4.78, 5) is 2.41. The van der Waals surface area contributed by atoms with Gasteiger partial charge in [0.2, 0.25) is 0 Å². The molecular formula is C16H26N2O2. The first kappa shape index (κ1) is 15.4. The largest absolute Gasteiger partial charge is 0.377 e. The van der Waals surface area contributed by atoms with E-state index in [4.69, 9.17) is 9.47 Å². The molecule has 2 rings (SSSR count). The van der Waals surface area contributed by atoms with E-state index in [-0.39, 0.29) is 12.2 Å². The first-order chi connectivity index (χ1) is 9.78. The molecule has 0 amide bonds. The van der Waals surface area contributed by atoms with Crippen molar-refractivity contribution in [2.45, 2.75) is 32.2 Å². The molecule has 112 valence electrons. The summed E-state index contributed by atoms with van der Waals surface area (Å²) < 4.78 is 11.0. The van der Waals surface area contributed by atoms with E-state index >= 15 is 0 Å². The Morgan fingerprint density at radius 1 is 1.10 bits per heavy atom. The number of hydrogen-bond donors (Lipinski definition) is 1. The van der Waals surface area contributed by atoms with Crippen LogP contribution in [0.25, 0.3) is 0 Å². The van der Waals surface area contributed by atoms with Crippen molar-refractivity contribution in [2.24, 2.45) is 0 Å². The van der Waals surface area contributed by atoms with Gasteiger partial charge in [-0.2, -0.15) is 0 Å². The first-order valence-corrected chi connectivity index (χ1v) is 7.34. The van der Waals surface area contributed by atoms with Gasteiger partial charge >= 0.3 is 0 Å². The van der Waals surface area contributed by atoms with Crippen LogP contribution >= 0.6 is 0 Å². The van der Waals surface area contributed by atoms with Gasteiger partial charge in [0.25, 0.3) is 0 Å². The third-order valence-corrected chi connectivity index (χ3v) is 3.97. The number of nitrogens with zero attached hydrogens (tertiary/aromatic N) is 1. The van der Waals surface area contributed by atoms with E-state index in [2.05, 4.69) is 41.4 Å². The summed E-state index contributed by atoms with van der Waals surface area (Å²) in [5.41, 5.74) is 2.77. The molecule has 1 aromatic rings. The van der Waals surface area contributed by atoms with Gasteiger partial charge < -0.3 is 14.8 Å². The van der Waals surface area contributed by atoms with Gasteiger partial charge in [-0.05, 0) is 17.7 Å². The van der Waals surface area contributed by atoms with Crippen molar-refractivity contribution in [2.75, 3.05) is 33.9 Å². The van der Waals surface area contributed by atoms with E-state index in [0.29, 0.717) is 0 Å². The zero-order valence-corrected chi connectivity index (χ0v) is 12.8. The molecule has 0 aliphatic carbocycles. The fourth-order valence-corrected chi connectivity index (χ4v) is 2.79. The molecular weight excluding hydrogens is 252 g/mol. The Morgan fingerprint density at radius 3 is 2.25 bits per heavy atom. The molecule has 4 nitrogen and oxygen atoms in total. The monoisotopic (exact) mass is 278 g/mol. The summed E-state index contributed by atoms with van der Waals surface area (Å²) in [7, 11) is 3.53. The Labute approximate surface area is 122 Å². The summed E-state index contributed by atoms with van der Waals surface area (Å²) in [5.74, 6) is 0. The van der Waals surface area contributed by atoms with Crippen LogP contribution < -0.4 is 5.32 Å². The van der Waals surface area contributed by atoms with Crippen LogP contribution in [0.5, 0.6) is 0 Å². The third-order valence-electron chi connectivity index (χ3n) is 3.97. The average molecular weight is 278 g/mol. The van der Waals surface area contributed by atoms with Gasteiger partial charge in [0.1, 0.15) is 0 Å². The van der Waals surface area contributed by atoms with Gasteiger partial charge in [0.05, 0.1) is 12.2 Å². The number of rotatable bonds is 7. The number of hydrogen-bond acceptors (Lipinski definition) is 4. The van der Waals surface area contributed by atoms with Crippen LogP contribution in [0.15, 0.2) is 24.3 Å². The van der Waals surface area contributed by atoms with Crippen LogP contribution in [0.1, 0.15) is 18.1 Å². The molecule has 0 saturated carbocycles. The van der Waals surface area contributed by atoms with E-state index in [9.17, 15) is 0 Å². The van der Waals surface area contributed by atoms with E-state index in [1.54, 1.807) is 14.2 Å². The van der Waals surface area contributed by atoms with E-state index in [0.717, 1.165) is 32.7 Å². The molecule has 1 aromatic carbocycles. The van der Waals surface area contributed by atoms with Crippen molar-refractivity contribution in [1.82, 2.24) is 10.2 Å². The topological polar surface area (TPSA) is 33.7 Å². The zero-order chi connectivity index (χ0) is 14.4. The number of nitrogens with one attached hydrogen (secondary N) is 1. The van der Waals surface area contributed by atoms with Crippen LogP contribution in [0.2, 0.25) is 0 Å². The predicted molar refractivity (Wildman–Crippen MR) is 80.7 cm³/mol. The quantitative estimate of drug-likeness (QED) is 0.822. The SMILES string of the molecule is CCNCc1ccccc1CN1CC(OC)C(OC)C1. The molecule has 20 heavy (non-hydrogen) atoms. The second-order valence-corrected chi connectivity index (χ2v) is 5.29. The normalized spacial score (nSPS) is 23.4. The van der Waals surface area contributed by atoms with Crippen LogP contribution in [-0.2, 0) is 22.6 Å². The van der Waals surface area contributed by atoms with Gasteiger partial charge in [-0.25, -0.2) is 0 Å². The van der Waals surface area contributed by atoms with E-state index < -0.39 is 0 Å².